The fraction of sp³-hybridized carbons (Fsp3) is 0.533. The number of carbonyl (C=O) groups is 2. The smallest absolute Gasteiger partial charge is 0.240 e. The van der Waals surface area contributed by atoms with E-state index in [0.717, 1.165) is 170 Å². The highest BCUT2D eigenvalue weighted by atomic mass is 127. The van der Waals surface area contributed by atoms with E-state index in [2.05, 4.69) is 182 Å². The molecule has 12 rings (SSSR count). The molecule has 0 fully saturated rings. The number of nitrogens with zero attached hydrogens (tertiary/aromatic N) is 16. The lowest BCUT2D eigenvalue weighted by Crippen LogP contribution is -3.00. The van der Waals surface area contributed by atoms with Crippen LogP contribution >= 0.6 is 0 Å². The summed E-state index contributed by atoms with van der Waals surface area (Å²) in [4.78, 5) is 35.7. The Bertz CT molecular complexity index is 6040. The number of quaternary nitrogens is 2. The molecule has 141 heavy (non-hydrogen) atoms. The summed E-state index contributed by atoms with van der Waals surface area (Å²) in [6.07, 6.45) is 14.9. The zero-order chi connectivity index (χ0) is 101. The second-order valence-electron chi connectivity index (χ2n) is 38.9. The molecule has 30 nitrogen and oxygen atoms in total. The van der Waals surface area contributed by atoms with E-state index in [1.807, 2.05) is 149 Å². The summed E-state index contributed by atoms with van der Waals surface area (Å²) in [7, 11) is -5.35. The largest absolute Gasteiger partial charge is 1.00 e. The average molecular weight is 2160 g/mol. The first-order valence-corrected chi connectivity index (χ1v) is 53.7. The standard InChI is InChI=1S/C34H53N5O2.C26H37N5O2.C24H35N5O3S.C23H33N5O3S.BrH.HI/c1-7-10-11-12-13-16-23-39(8-2,9-3)24-17-22-35-32(40)21-20-27-25-28(34(4,5)6)33(41)31(26-27)38-36-29-18-14-15-19-30(29)37-38;1-6-30(7-2)16-10-15-27-24(32)14-13-19-17-20(26(3,4)5)25(33)23(18-19)31-28-21-11-8-9-12-22(21)29-31;1-6-18(4)20-16-19(33(31,32)25-14-11-15-29(5,7-2)8-3)17-23(24(20)30)28-26-21-12-9-10-13-22(21)27-28;1-5-17(4)19-15-18(32(30,31)24-13-10-14-27(6-2)7-3)16-22(23(19)29)28-25-20-11-8-9-12-21(20)26-28;;/h14-15,18-19,25-26H,7-13,16-17,20-24H2,1-6H3,(H-,35,40,41);8-9,11-12,17-18,33H,6-7,10,13-16H2,1-5H3,(H,27,32);9-10,12-13,16-18,25H,6-8,11,14-15H2,1-5H3;8-9,11-12,15-17,24,29H,5-7,10,13-14H2,1-4H3;2*1H. The van der Waals surface area contributed by atoms with Gasteiger partial charge in [-0.25, -0.2) is 26.3 Å². The molecule has 2 unspecified atom stereocenters. The molecule has 8 N–H and O–H groups in total. The van der Waals surface area contributed by atoms with Crippen molar-refractivity contribution >= 4 is 76.0 Å². The number of unbranched alkanes of at least 4 members (excludes halogenated alkanes) is 5. The Hall–Kier alpha value is -9.63. The number of fused-ring (bicyclic) bond motifs is 4. The normalized spacial score (nSPS) is 12.5. The molecule has 0 aliphatic heterocycles. The first-order chi connectivity index (χ1) is 66.3. The topological polar surface area (TPSA) is 361 Å². The Morgan fingerprint density at radius 1 is 0.390 bits per heavy atom. The predicted molar refractivity (Wildman–Crippen MR) is 561 cm³/mol. The van der Waals surface area contributed by atoms with Crippen LogP contribution in [0.15, 0.2) is 155 Å². The molecule has 4 aromatic heterocycles. The third-order valence-corrected chi connectivity index (χ3v) is 30.0. The van der Waals surface area contributed by atoms with Crippen molar-refractivity contribution in [2.45, 2.75) is 267 Å². The van der Waals surface area contributed by atoms with Crippen molar-refractivity contribution in [3.05, 3.63) is 179 Å². The second kappa shape index (κ2) is 56.0. The fourth-order valence-corrected chi connectivity index (χ4v) is 19.3. The van der Waals surface area contributed by atoms with Crippen molar-refractivity contribution in [2.75, 3.05) is 118 Å². The lowest BCUT2D eigenvalue weighted by atomic mass is 9.84. The van der Waals surface area contributed by atoms with Crippen LogP contribution in [-0.2, 0) is 53.3 Å². The molecular formula is C107H160BrIN20O10S2. The fourth-order valence-electron chi connectivity index (χ4n) is 17.0. The van der Waals surface area contributed by atoms with E-state index < -0.39 is 20.0 Å². The van der Waals surface area contributed by atoms with Crippen LogP contribution in [0.25, 0.3) is 66.9 Å². The SMILES string of the molecule is CCC(C)c1cc(S(=O)(=O)NCCCN(CC)CC)cc(-n2nc3ccccc3n2)c1O.CCC(C)c1cc(S(=O)(=O)NCCC[N+](C)(CC)CC)cc(-n2nc3ccccc3n2)c1O.CCCCCCCC[N+](CC)(CC)CCCNC(=O)CCc1cc(-n2nc3ccccc3n2)c(O)c(C(C)(C)C)c1.CCN(CC)CCCNC(=O)CCc1cc(-n2nc3ccccc3n2)c(O)c(C(C)(C)C)c1.[Br-].[I-]. The zero-order valence-corrected chi connectivity index (χ0v) is 92.7. The summed E-state index contributed by atoms with van der Waals surface area (Å²) in [6.45, 7) is 55.4. The van der Waals surface area contributed by atoms with Crippen LogP contribution in [0.5, 0.6) is 23.0 Å². The van der Waals surface area contributed by atoms with Crippen LogP contribution < -0.4 is 61.0 Å². The Kier molecular flexibility index (Phi) is 47.0. The van der Waals surface area contributed by atoms with Gasteiger partial charge in [0.1, 0.15) is 89.9 Å². The van der Waals surface area contributed by atoms with Gasteiger partial charge in [0.2, 0.25) is 31.9 Å². The average Bonchev–Trinajstić information content (AvgIpc) is 1.74. The van der Waals surface area contributed by atoms with Gasteiger partial charge in [-0.15, -0.1) is 60.0 Å². The van der Waals surface area contributed by atoms with Crippen LogP contribution in [-0.4, -0.2) is 246 Å². The minimum absolute atomic E-state index is 0. The number of aromatic hydroxyl groups is 4. The molecule has 8 aromatic carbocycles. The first-order valence-electron chi connectivity index (χ1n) is 50.7. The molecule has 0 radical (unpaired) electrons. The van der Waals surface area contributed by atoms with Gasteiger partial charge in [-0.3, -0.25) is 9.59 Å². The van der Waals surface area contributed by atoms with Crippen molar-refractivity contribution in [3.8, 4) is 45.7 Å². The summed E-state index contributed by atoms with van der Waals surface area (Å²) >= 11 is 0. The highest BCUT2D eigenvalue weighted by Crippen LogP contribution is 2.41. The summed E-state index contributed by atoms with van der Waals surface area (Å²) in [5.41, 5.74) is 11.5. The number of sulfonamides is 2. The highest BCUT2D eigenvalue weighted by Gasteiger charge is 2.31. The lowest BCUT2D eigenvalue weighted by Gasteiger charge is -2.37. The van der Waals surface area contributed by atoms with Crippen LogP contribution in [0.3, 0.4) is 0 Å². The molecule has 0 spiro atoms. The van der Waals surface area contributed by atoms with Gasteiger partial charge in [-0.05, 0) is 237 Å². The van der Waals surface area contributed by atoms with Gasteiger partial charge < -0.3 is 90.8 Å². The second-order valence-corrected chi connectivity index (χ2v) is 42.5. The van der Waals surface area contributed by atoms with Crippen LogP contribution in [0, 0.1) is 0 Å². The number of aromatic nitrogens is 12. The number of amides is 2. The maximum atomic E-state index is 13.2. The number of hydrogen-bond donors (Lipinski definition) is 8. The van der Waals surface area contributed by atoms with Gasteiger partial charge >= 0.3 is 0 Å². The summed E-state index contributed by atoms with van der Waals surface area (Å²) < 4.78 is 60.0. The molecule has 12 aromatic rings. The van der Waals surface area contributed by atoms with Crippen molar-refractivity contribution in [2.24, 2.45) is 0 Å². The number of carbonyl (C=O) groups excluding carboxylic acids is 2. The number of halogens is 2. The van der Waals surface area contributed by atoms with E-state index in [1.165, 1.54) is 76.4 Å². The third-order valence-electron chi connectivity index (χ3n) is 27.2. The number of hydrogen-bond acceptors (Lipinski definition) is 20. The maximum absolute atomic E-state index is 13.2. The Labute approximate surface area is 866 Å². The minimum Gasteiger partial charge on any atom is -1.00 e. The van der Waals surface area contributed by atoms with Gasteiger partial charge in [0.05, 0.1) is 62.7 Å². The van der Waals surface area contributed by atoms with E-state index >= 15 is 0 Å². The Morgan fingerprint density at radius 3 is 1.00 bits per heavy atom. The molecule has 0 aliphatic carbocycles. The first kappa shape index (κ1) is 118. The molecule has 774 valence electrons. The van der Waals surface area contributed by atoms with E-state index in [1.54, 1.807) is 12.1 Å². The molecule has 34 heteroatoms. The van der Waals surface area contributed by atoms with E-state index in [-0.39, 0.29) is 120 Å². The van der Waals surface area contributed by atoms with Gasteiger partial charge in [0.15, 0.2) is 0 Å². The van der Waals surface area contributed by atoms with Crippen molar-refractivity contribution in [3.63, 3.8) is 0 Å². The summed E-state index contributed by atoms with van der Waals surface area (Å²) in [5.74, 6) is 0.411. The monoisotopic (exact) mass is 2160 g/mol. The van der Waals surface area contributed by atoms with E-state index in [0.29, 0.717) is 96.4 Å². The number of aryl methyl sites for hydroxylation is 2. The van der Waals surface area contributed by atoms with E-state index in [9.17, 15) is 46.9 Å². The molecule has 4 heterocycles. The van der Waals surface area contributed by atoms with Gasteiger partial charge in [0.25, 0.3) is 0 Å². The molecule has 0 saturated carbocycles. The van der Waals surface area contributed by atoms with Gasteiger partial charge in [-0.2, -0.15) is 0 Å². The van der Waals surface area contributed by atoms with Crippen LogP contribution in [0.1, 0.15) is 267 Å². The molecule has 0 bridgehead atoms. The quantitative estimate of drug-likeness (QED) is 0.00997. The minimum atomic E-state index is -3.77. The zero-order valence-electron chi connectivity index (χ0n) is 87.3. The molecular weight excluding hydrogens is 2000 g/mol. The molecule has 2 amide bonds. The maximum Gasteiger partial charge on any atom is 0.240 e. The molecule has 0 aliphatic rings. The number of rotatable bonds is 49. The van der Waals surface area contributed by atoms with Crippen molar-refractivity contribution < 1.29 is 96.8 Å². The summed E-state index contributed by atoms with van der Waals surface area (Å²) in [5, 5.41) is 86.4. The lowest BCUT2D eigenvalue weighted by molar-refractivity contribution is -0.925. The van der Waals surface area contributed by atoms with Crippen molar-refractivity contribution in [1.29, 1.82) is 0 Å². The Balaban J connectivity index is 0.000000255. The highest BCUT2D eigenvalue weighted by molar-refractivity contribution is 7.89. The number of phenolic OH excluding ortho intramolecular Hbond substituents is 4. The van der Waals surface area contributed by atoms with Gasteiger partial charge in [0, 0.05) is 74.1 Å². The van der Waals surface area contributed by atoms with Crippen molar-refractivity contribution in [1.82, 2.24) is 89.9 Å². The number of nitrogens with one attached hydrogen (secondary N) is 4. The van der Waals surface area contributed by atoms with Crippen LogP contribution in [0.2, 0.25) is 0 Å². The summed E-state index contributed by atoms with van der Waals surface area (Å²) in [6, 6.07) is 43.8. The number of phenols is 4. The molecule has 0 saturated heterocycles. The molecule has 2 atom stereocenters. The predicted octanol–water partition coefficient (Wildman–Crippen LogP) is 12.7. The number of benzene rings is 8. The Morgan fingerprint density at radius 2 is 0.688 bits per heavy atom. The third kappa shape index (κ3) is 33.5. The van der Waals surface area contributed by atoms with Gasteiger partial charge in [-0.1, -0.05) is 190 Å². The van der Waals surface area contributed by atoms with Crippen LogP contribution in [0.4, 0.5) is 0 Å². The van der Waals surface area contributed by atoms with E-state index in [4.69, 9.17) is 0 Å².